The topological polar surface area (TPSA) is 135 Å². The first-order chi connectivity index (χ1) is 13.4. The van der Waals surface area contributed by atoms with E-state index in [1.807, 2.05) is 12.1 Å². The summed E-state index contributed by atoms with van der Waals surface area (Å²) >= 11 is 1.44. The summed E-state index contributed by atoms with van der Waals surface area (Å²) in [6, 6.07) is 7.03. The monoisotopic (exact) mass is 437 g/mol. The highest BCUT2D eigenvalue weighted by molar-refractivity contribution is 7.18. The fourth-order valence-electron chi connectivity index (χ4n) is 3.00. The molecule has 0 fully saturated rings. The number of aryl methyl sites for hydroxylation is 2. The molecule has 2 aromatic heterocycles. The molecule has 0 amide bonds. The number of rotatable bonds is 3. The van der Waals surface area contributed by atoms with Gasteiger partial charge in [-0.3, -0.25) is 4.79 Å². The number of thiophene rings is 1. The molecule has 1 aliphatic rings. The number of carbonyl (C=O) groups excluding carboxylic acids is 1. The number of aromatic carboxylic acids is 1. The number of nitrogens with zero attached hydrogens (tertiary/aromatic N) is 1. The minimum atomic E-state index is -1.20. The number of hydrogen-bond donors (Lipinski definition) is 3. The Labute approximate surface area is 176 Å². The van der Waals surface area contributed by atoms with Gasteiger partial charge in [-0.2, -0.15) is 0 Å². The van der Waals surface area contributed by atoms with Crippen molar-refractivity contribution in [2.75, 3.05) is 7.11 Å². The zero-order valence-corrected chi connectivity index (χ0v) is 17.2. The number of esters is 1. The van der Waals surface area contributed by atoms with Crippen molar-refractivity contribution in [3.8, 4) is 0 Å². The van der Waals surface area contributed by atoms with Crippen molar-refractivity contribution in [2.24, 2.45) is 5.73 Å². The molecule has 10 heteroatoms. The Bertz CT molecular complexity index is 1090. The van der Waals surface area contributed by atoms with Gasteiger partial charge in [0.2, 0.25) is 5.82 Å². The maximum absolute atomic E-state index is 11.8. The summed E-state index contributed by atoms with van der Waals surface area (Å²) in [7, 11) is 1.36. The van der Waals surface area contributed by atoms with E-state index in [9.17, 15) is 14.4 Å². The van der Waals surface area contributed by atoms with E-state index in [-0.39, 0.29) is 29.8 Å². The second-order valence-electron chi connectivity index (χ2n) is 6.15. The van der Waals surface area contributed by atoms with Crippen LogP contribution >= 0.6 is 23.7 Å². The standard InChI is InChI=1S/C10H8N2O3S.C9H11NO2.ClH/c13-8-6-4-2-1-3-5(4)16-9(6)12-7(11-8)10(14)15;1-12-9(11)8-4-2-7(6-10)3-5-8;/h1-3H2,(H,14,15)(H,11,12,13);2-5H,6,10H2,1H3;1H. The highest BCUT2D eigenvalue weighted by Gasteiger charge is 2.22. The molecule has 4 N–H and O–H groups in total. The number of ether oxygens (including phenoxy) is 1. The fraction of sp³-hybridized carbons (Fsp3) is 0.263. The van der Waals surface area contributed by atoms with Crippen LogP contribution in [0, 0.1) is 0 Å². The predicted molar refractivity (Wildman–Crippen MR) is 112 cm³/mol. The number of fused-ring (bicyclic) bond motifs is 3. The van der Waals surface area contributed by atoms with Crippen LogP contribution in [0.5, 0.6) is 0 Å². The fourth-order valence-corrected chi connectivity index (χ4v) is 4.26. The predicted octanol–water partition coefficient (Wildman–Crippen LogP) is 2.53. The van der Waals surface area contributed by atoms with Crippen LogP contribution in [0.4, 0.5) is 0 Å². The lowest BCUT2D eigenvalue weighted by Crippen LogP contribution is -2.15. The van der Waals surface area contributed by atoms with Gasteiger partial charge in [0.25, 0.3) is 5.56 Å². The number of halogens is 1. The second-order valence-corrected chi connectivity index (χ2v) is 7.23. The third-order valence-electron chi connectivity index (χ3n) is 4.39. The maximum Gasteiger partial charge on any atom is 0.372 e. The molecule has 0 saturated carbocycles. The van der Waals surface area contributed by atoms with Gasteiger partial charge in [0.1, 0.15) is 4.83 Å². The number of carboxylic acids is 1. The van der Waals surface area contributed by atoms with Crippen molar-refractivity contribution in [1.82, 2.24) is 9.97 Å². The Kier molecular flexibility index (Phi) is 7.49. The summed E-state index contributed by atoms with van der Waals surface area (Å²) in [4.78, 5) is 41.5. The number of carboxylic acid groups (broad SMARTS) is 1. The number of nitrogens with one attached hydrogen (secondary N) is 1. The molecule has 29 heavy (non-hydrogen) atoms. The van der Waals surface area contributed by atoms with Gasteiger partial charge < -0.3 is 20.6 Å². The van der Waals surface area contributed by atoms with E-state index in [1.165, 1.54) is 23.3 Å². The summed E-state index contributed by atoms with van der Waals surface area (Å²) in [5.41, 5.74) is 7.67. The van der Waals surface area contributed by atoms with E-state index in [2.05, 4.69) is 14.7 Å². The summed E-state index contributed by atoms with van der Waals surface area (Å²) in [5, 5.41) is 9.37. The molecular weight excluding hydrogens is 418 g/mol. The lowest BCUT2D eigenvalue weighted by atomic mass is 10.1. The van der Waals surface area contributed by atoms with E-state index in [0.29, 0.717) is 22.3 Å². The zero-order chi connectivity index (χ0) is 20.3. The lowest BCUT2D eigenvalue weighted by molar-refractivity contribution is 0.0599. The number of hydrogen-bond acceptors (Lipinski definition) is 7. The number of benzene rings is 1. The second kappa shape index (κ2) is 9.64. The van der Waals surface area contributed by atoms with Crippen molar-refractivity contribution in [3.63, 3.8) is 0 Å². The van der Waals surface area contributed by atoms with Crippen molar-refractivity contribution in [2.45, 2.75) is 25.8 Å². The maximum atomic E-state index is 11.8. The van der Waals surface area contributed by atoms with Crippen LogP contribution in [0.2, 0.25) is 0 Å². The van der Waals surface area contributed by atoms with Crippen LogP contribution in [0.1, 0.15) is 43.4 Å². The molecule has 1 aromatic carbocycles. The third-order valence-corrected chi connectivity index (χ3v) is 5.57. The first-order valence-electron chi connectivity index (χ1n) is 8.59. The van der Waals surface area contributed by atoms with Crippen LogP contribution in [-0.4, -0.2) is 34.1 Å². The largest absolute Gasteiger partial charge is 0.475 e. The Morgan fingerprint density at radius 1 is 1.28 bits per heavy atom. The molecule has 0 radical (unpaired) electrons. The van der Waals surface area contributed by atoms with Crippen LogP contribution < -0.4 is 11.3 Å². The molecule has 2 heterocycles. The number of methoxy groups -OCH3 is 1. The molecule has 0 saturated heterocycles. The van der Waals surface area contributed by atoms with Gasteiger partial charge in [0, 0.05) is 11.4 Å². The van der Waals surface area contributed by atoms with Crippen molar-refractivity contribution >= 4 is 45.9 Å². The summed E-state index contributed by atoms with van der Waals surface area (Å²) < 4.78 is 4.54. The SMILES string of the molecule is COC(=O)c1ccc(CN)cc1.Cl.O=C(O)c1nc2sc3c(c2c(=O)[nH]1)CCC3. The summed E-state index contributed by atoms with van der Waals surface area (Å²) in [6.07, 6.45) is 2.93. The third kappa shape index (κ3) is 4.81. The van der Waals surface area contributed by atoms with E-state index >= 15 is 0 Å². The number of H-pyrrole nitrogens is 1. The normalized spacial score (nSPS) is 11.8. The highest BCUT2D eigenvalue weighted by Crippen LogP contribution is 2.34. The van der Waals surface area contributed by atoms with E-state index in [0.717, 1.165) is 30.4 Å². The Balaban J connectivity index is 0.000000209. The first-order valence-corrected chi connectivity index (χ1v) is 9.41. The van der Waals surface area contributed by atoms with E-state index in [4.69, 9.17) is 10.8 Å². The highest BCUT2D eigenvalue weighted by atomic mass is 35.5. The smallest absolute Gasteiger partial charge is 0.372 e. The van der Waals surface area contributed by atoms with Crippen LogP contribution in [0.15, 0.2) is 29.1 Å². The number of nitrogens with two attached hydrogens (primary N) is 1. The molecule has 8 nitrogen and oxygen atoms in total. The van der Waals surface area contributed by atoms with Gasteiger partial charge in [-0.05, 0) is 42.5 Å². The molecule has 154 valence electrons. The molecule has 0 bridgehead atoms. The van der Waals surface area contributed by atoms with Gasteiger partial charge in [-0.25, -0.2) is 14.6 Å². The number of aromatic nitrogens is 2. The molecule has 0 atom stereocenters. The van der Waals surface area contributed by atoms with Crippen LogP contribution in [0.25, 0.3) is 10.2 Å². The minimum Gasteiger partial charge on any atom is -0.475 e. The van der Waals surface area contributed by atoms with Gasteiger partial charge >= 0.3 is 11.9 Å². The summed E-state index contributed by atoms with van der Waals surface area (Å²) in [6.45, 7) is 0.488. The Morgan fingerprint density at radius 2 is 1.97 bits per heavy atom. The van der Waals surface area contributed by atoms with Crippen molar-refractivity contribution in [3.05, 3.63) is 62.0 Å². The van der Waals surface area contributed by atoms with Crippen LogP contribution in [-0.2, 0) is 24.1 Å². The molecule has 0 unspecified atom stereocenters. The van der Waals surface area contributed by atoms with E-state index in [1.54, 1.807) is 12.1 Å². The quantitative estimate of drug-likeness (QED) is 0.535. The van der Waals surface area contributed by atoms with Crippen molar-refractivity contribution < 1.29 is 19.4 Å². The van der Waals surface area contributed by atoms with Gasteiger partial charge in [-0.15, -0.1) is 23.7 Å². The molecule has 0 aliphatic heterocycles. The van der Waals surface area contributed by atoms with Crippen molar-refractivity contribution in [1.29, 1.82) is 0 Å². The summed E-state index contributed by atoms with van der Waals surface area (Å²) in [5.74, 6) is -1.80. The molecule has 0 spiro atoms. The lowest BCUT2D eigenvalue weighted by Gasteiger charge is -1.99. The average Bonchev–Trinajstić information content (AvgIpc) is 3.28. The Hall–Kier alpha value is -2.75. The average molecular weight is 438 g/mol. The molecule has 3 aromatic rings. The number of aromatic amines is 1. The number of carbonyl (C=O) groups is 2. The van der Waals surface area contributed by atoms with E-state index < -0.39 is 5.97 Å². The molecule has 4 rings (SSSR count). The van der Waals surface area contributed by atoms with Gasteiger partial charge in [0.05, 0.1) is 18.1 Å². The molecule has 1 aliphatic carbocycles. The zero-order valence-electron chi connectivity index (χ0n) is 15.6. The van der Waals surface area contributed by atoms with Crippen LogP contribution in [0.3, 0.4) is 0 Å². The van der Waals surface area contributed by atoms with Gasteiger partial charge in [0.15, 0.2) is 0 Å². The van der Waals surface area contributed by atoms with Gasteiger partial charge in [-0.1, -0.05) is 12.1 Å². The molecular formula is C19H20ClN3O5S. The Morgan fingerprint density at radius 3 is 2.55 bits per heavy atom. The first kappa shape index (κ1) is 22.5. The minimum absolute atomic E-state index is 0.